The third-order valence-electron chi connectivity index (χ3n) is 3.00. The molecule has 0 bridgehead atoms. The third kappa shape index (κ3) is 4.52. The first kappa shape index (κ1) is 17.4. The summed E-state index contributed by atoms with van der Waals surface area (Å²) in [5.41, 5.74) is 2.06. The number of hydrogen-bond acceptors (Lipinski definition) is 7. The standard InChI is InChI=1S/C16H12N4O5/c17-8-11-4-1-2-7-14(11)25-10-15(21)19-18-9-12-5-3-6-13(16(12)22)20(23)24/h1-7,9,22H,10H2,(H,19,21)/b18-9+. The Hall–Kier alpha value is -3.93. The molecule has 0 aromatic heterocycles. The van der Waals surface area contributed by atoms with Gasteiger partial charge in [-0.25, -0.2) is 5.43 Å². The van der Waals surface area contributed by atoms with Crippen LogP contribution >= 0.6 is 0 Å². The predicted octanol–water partition coefficient (Wildman–Crippen LogP) is 1.70. The largest absolute Gasteiger partial charge is 0.502 e. The van der Waals surface area contributed by atoms with Crippen LogP contribution in [-0.4, -0.2) is 28.8 Å². The van der Waals surface area contributed by atoms with E-state index in [0.29, 0.717) is 5.56 Å². The molecule has 0 aliphatic carbocycles. The maximum Gasteiger partial charge on any atom is 0.311 e. The fourth-order valence-electron chi connectivity index (χ4n) is 1.83. The molecule has 2 N–H and O–H groups in total. The van der Waals surface area contributed by atoms with Crippen LogP contribution in [0.4, 0.5) is 5.69 Å². The average molecular weight is 340 g/mol. The van der Waals surface area contributed by atoms with Gasteiger partial charge in [0.15, 0.2) is 6.61 Å². The molecule has 0 saturated heterocycles. The maximum absolute atomic E-state index is 11.7. The Kier molecular flexibility index (Phi) is 5.63. The number of phenolic OH excluding ortho intramolecular Hbond substituents is 1. The van der Waals surface area contributed by atoms with Gasteiger partial charge in [-0.15, -0.1) is 0 Å². The third-order valence-corrected chi connectivity index (χ3v) is 3.00. The van der Waals surface area contributed by atoms with Gasteiger partial charge in [0, 0.05) is 11.6 Å². The van der Waals surface area contributed by atoms with E-state index in [1.165, 1.54) is 12.1 Å². The van der Waals surface area contributed by atoms with Gasteiger partial charge in [-0.2, -0.15) is 10.4 Å². The van der Waals surface area contributed by atoms with Crippen molar-refractivity contribution in [1.29, 1.82) is 5.26 Å². The number of hydrazone groups is 1. The summed E-state index contributed by atoms with van der Waals surface area (Å²) in [5, 5.41) is 33.0. The maximum atomic E-state index is 11.7. The van der Waals surface area contributed by atoms with Crippen molar-refractivity contribution in [1.82, 2.24) is 5.43 Å². The lowest BCUT2D eigenvalue weighted by Crippen LogP contribution is -2.24. The molecule has 0 unspecified atom stereocenters. The van der Waals surface area contributed by atoms with E-state index in [1.807, 2.05) is 6.07 Å². The number of rotatable bonds is 6. The van der Waals surface area contributed by atoms with Crippen LogP contribution in [0, 0.1) is 21.4 Å². The molecule has 2 aromatic rings. The predicted molar refractivity (Wildman–Crippen MR) is 87.1 cm³/mol. The lowest BCUT2D eigenvalue weighted by Gasteiger charge is -2.06. The monoisotopic (exact) mass is 340 g/mol. The molecule has 0 spiro atoms. The van der Waals surface area contributed by atoms with Crippen LogP contribution in [0.1, 0.15) is 11.1 Å². The fraction of sp³-hybridized carbons (Fsp3) is 0.0625. The molecule has 25 heavy (non-hydrogen) atoms. The van der Waals surface area contributed by atoms with Gasteiger partial charge in [0.1, 0.15) is 11.8 Å². The molecule has 0 radical (unpaired) electrons. The van der Waals surface area contributed by atoms with Crippen molar-refractivity contribution < 1.29 is 19.6 Å². The minimum absolute atomic E-state index is 0.0743. The quantitative estimate of drug-likeness (QED) is 0.466. The first-order chi connectivity index (χ1) is 12.0. The van der Waals surface area contributed by atoms with Crippen LogP contribution in [0.25, 0.3) is 0 Å². The number of benzene rings is 2. The van der Waals surface area contributed by atoms with Crippen molar-refractivity contribution in [3.05, 3.63) is 63.7 Å². The van der Waals surface area contributed by atoms with Gasteiger partial charge in [-0.1, -0.05) is 18.2 Å². The molecule has 0 aliphatic rings. The molecule has 0 saturated carbocycles. The highest BCUT2D eigenvalue weighted by Gasteiger charge is 2.15. The van der Waals surface area contributed by atoms with Gasteiger partial charge < -0.3 is 9.84 Å². The van der Waals surface area contributed by atoms with E-state index in [-0.39, 0.29) is 17.9 Å². The number of ether oxygens (including phenoxy) is 1. The van der Waals surface area contributed by atoms with Gasteiger partial charge in [0.05, 0.1) is 16.7 Å². The smallest absolute Gasteiger partial charge is 0.311 e. The Bertz CT molecular complexity index is 873. The topological polar surface area (TPSA) is 138 Å². The number of carbonyl (C=O) groups is 1. The van der Waals surface area contributed by atoms with E-state index in [2.05, 4.69) is 10.5 Å². The van der Waals surface area contributed by atoms with Crippen molar-refractivity contribution in [3.63, 3.8) is 0 Å². The van der Waals surface area contributed by atoms with Gasteiger partial charge in [0.2, 0.25) is 5.75 Å². The minimum atomic E-state index is -0.730. The van der Waals surface area contributed by atoms with E-state index >= 15 is 0 Å². The normalized spacial score (nSPS) is 10.2. The van der Waals surface area contributed by atoms with Gasteiger partial charge in [0.25, 0.3) is 5.91 Å². The Morgan fingerprint density at radius 2 is 2.12 bits per heavy atom. The van der Waals surface area contributed by atoms with Gasteiger partial charge in [-0.05, 0) is 18.2 Å². The molecule has 9 heteroatoms. The summed E-state index contributed by atoms with van der Waals surface area (Å²) in [6.45, 7) is -0.378. The number of nitrogens with one attached hydrogen (secondary N) is 1. The molecule has 9 nitrogen and oxygen atoms in total. The number of hydrogen-bond donors (Lipinski definition) is 2. The van der Waals surface area contributed by atoms with Crippen LogP contribution in [0.3, 0.4) is 0 Å². The number of nitro groups is 1. The number of amides is 1. The molecular weight excluding hydrogens is 328 g/mol. The molecule has 2 rings (SSSR count). The summed E-state index contributed by atoms with van der Waals surface area (Å²) in [6.07, 6.45) is 1.07. The number of carbonyl (C=O) groups excluding carboxylic acids is 1. The Labute approximate surface area is 141 Å². The Balaban J connectivity index is 1.94. The summed E-state index contributed by atoms with van der Waals surface area (Å²) in [6, 6.07) is 12.3. The summed E-state index contributed by atoms with van der Waals surface area (Å²) >= 11 is 0. The van der Waals surface area contributed by atoms with Gasteiger partial charge >= 0.3 is 5.69 Å². The lowest BCUT2D eigenvalue weighted by atomic mass is 10.2. The molecule has 1 amide bonds. The van der Waals surface area contributed by atoms with E-state index in [0.717, 1.165) is 12.3 Å². The Morgan fingerprint density at radius 1 is 1.36 bits per heavy atom. The first-order valence-corrected chi connectivity index (χ1v) is 6.93. The van der Waals surface area contributed by atoms with Crippen molar-refractivity contribution in [2.75, 3.05) is 6.61 Å². The molecular formula is C16H12N4O5. The van der Waals surface area contributed by atoms with E-state index in [9.17, 15) is 20.0 Å². The zero-order valence-corrected chi connectivity index (χ0v) is 12.7. The zero-order chi connectivity index (χ0) is 18.2. The van der Waals surface area contributed by atoms with E-state index < -0.39 is 22.3 Å². The van der Waals surface area contributed by atoms with Crippen molar-refractivity contribution in [2.45, 2.75) is 0 Å². The van der Waals surface area contributed by atoms with Crippen LogP contribution in [-0.2, 0) is 4.79 Å². The zero-order valence-electron chi connectivity index (χ0n) is 12.7. The van der Waals surface area contributed by atoms with E-state index in [4.69, 9.17) is 10.00 Å². The number of nitriles is 1. The highest BCUT2D eigenvalue weighted by molar-refractivity contribution is 5.87. The number of nitro benzene ring substituents is 1. The van der Waals surface area contributed by atoms with Crippen LogP contribution < -0.4 is 10.2 Å². The highest BCUT2D eigenvalue weighted by atomic mass is 16.6. The molecule has 126 valence electrons. The number of para-hydroxylation sites is 2. The van der Waals surface area contributed by atoms with Crippen LogP contribution in [0.5, 0.6) is 11.5 Å². The van der Waals surface area contributed by atoms with E-state index in [1.54, 1.807) is 24.3 Å². The number of aromatic hydroxyl groups is 1. The second-order valence-electron chi connectivity index (χ2n) is 4.66. The Morgan fingerprint density at radius 3 is 2.84 bits per heavy atom. The second-order valence-corrected chi connectivity index (χ2v) is 4.66. The SMILES string of the molecule is N#Cc1ccccc1OCC(=O)N/N=C/c1cccc([N+](=O)[O-])c1O. The number of nitrogens with zero attached hydrogens (tertiary/aromatic N) is 3. The van der Waals surface area contributed by atoms with Gasteiger partial charge in [-0.3, -0.25) is 14.9 Å². The van der Waals surface area contributed by atoms with Crippen molar-refractivity contribution in [2.24, 2.45) is 5.10 Å². The second kappa shape index (κ2) is 8.07. The summed E-state index contributed by atoms with van der Waals surface area (Å²) in [4.78, 5) is 21.7. The first-order valence-electron chi connectivity index (χ1n) is 6.93. The van der Waals surface area contributed by atoms with Crippen molar-refractivity contribution >= 4 is 17.8 Å². The van der Waals surface area contributed by atoms with Crippen molar-refractivity contribution in [3.8, 4) is 17.6 Å². The summed E-state index contributed by atoms with van der Waals surface area (Å²) in [5.74, 6) is -0.890. The molecule has 0 atom stereocenters. The average Bonchev–Trinajstić information content (AvgIpc) is 2.61. The fourth-order valence-corrected chi connectivity index (χ4v) is 1.83. The molecule has 2 aromatic carbocycles. The lowest BCUT2D eigenvalue weighted by molar-refractivity contribution is -0.385. The van der Waals surface area contributed by atoms with Crippen LogP contribution in [0.15, 0.2) is 47.6 Å². The summed E-state index contributed by atoms with van der Waals surface area (Å²) < 4.78 is 5.22. The number of phenols is 1. The summed E-state index contributed by atoms with van der Waals surface area (Å²) in [7, 11) is 0. The molecule has 0 heterocycles. The molecule has 0 fully saturated rings. The highest BCUT2D eigenvalue weighted by Crippen LogP contribution is 2.27. The van der Waals surface area contributed by atoms with Crippen LogP contribution in [0.2, 0.25) is 0 Å². The minimum Gasteiger partial charge on any atom is -0.502 e. The molecule has 0 aliphatic heterocycles.